The van der Waals surface area contributed by atoms with Crippen LogP contribution in [0.4, 0.5) is 5.82 Å². The molecule has 1 rings (SSSR count). The predicted octanol–water partition coefficient (Wildman–Crippen LogP) is 1.78. The lowest BCUT2D eigenvalue weighted by molar-refractivity contribution is 0.281. The second-order valence-corrected chi connectivity index (χ2v) is 4.08. The van der Waals surface area contributed by atoms with E-state index in [-0.39, 0.29) is 12.1 Å². The average Bonchev–Trinajstić information content (AvgIpc) is 2.03. The molecule has 3 heteroatoms. The summed E-state index contributed by atoms with van der Waals surface area (Å²) in [4.78, 5) is 4.16. The van der Waals surface area contributed by atoms with E-state index >= 15 is 0 Å². The molecule has 0 spiro atoms. The zero-order chi connectivity index (χ0) is 9.90. The molecule has 0 saturated heterocycles. The van der Waals surface area contributed by atoms with Crippen LogP contribution in [0.2, 0.25) is 0 Å². The molecule has 1 aromatic heterocycles. The molecule has 0 bridgehead atoms. The van der Waals surface area contributed by atoms with Gasteiger partial charge in [0.25, 0.3) is 0 Å². The minimum Gasteiger partial charge on any atom is -0.392 e. The zero-order valence-electron chi connectivity index (χ0n) is 8.33. The number of anilines is 1. The van der Waals surface area contributed by atoms with Crippen molar-refractivity contribution in [1.29, 1.82) is 0 Å². The molecular formula is C10H16N2O. The van der Waals surface area contributed by atoms with Crippen molar-refractivity contribution in [2.24, 2.45) is 0 Å². The number of hydrogen-bond acceptors (Lipinski definition) is 3. The van der Waals surface area contributed by atoms with Gasteiger partial charge in [-0.15, -0.1) is 0 Å². The molecule has 0 aromatic carbocycles. The predicted molar refractivity (Wildman–Crippen MR) is 53.5 cm³/mol. The number of aliphatic hydroxyl groups is 1. The van der Waals surface area contributed by atoms with E-state index < -0.39 is 0 Å². The summed E-state index contributed by atoms with van der Waals surface area (Å²) < 4.78 is 0. The zero-order valence-corrected chi connectivity index (χ0v) is 8.33. The Balaban J connectivity index is 2.70. The summed E-state index contributed by atoms with van der Waals surface area (Å²) in [6.07, 6.45) is 1.67. The van der Waals surface area contributed by atoms with E-state index in [4.69, 9.17) is 5.11 Å². The normalized spacial score (nSPS) is 11.4. The lowest BCUT2D eigenvalue weighted by atomic mass is 10.1. The number of nitrogens with zero attached hydrogens (tertiary/aromatic N) is 1. The van der Waals surface area contributed by atoms with Gasteiger partial charge >= 0.3 is 0 Å². The second-order valence-electron chi connectivity index (χ2n) is 4.08. The van der Waals surface area contributed by atoms with Crippen LogP contribution >= 0.6 is 0 Å². The Morgan fingerprint density at radius 2 is 2.08 bits per heavy atom. The third-order valence-corrected chi connectivity index (χ3v) is 1.51. The number of aliphatic hydroxyl groups excluding tert-OH is 1. The number of rotatable bonds is 2. The molecule has 0 aliphatic heterocycles. The lowest BCUT2D eigenvalue weighted by Gasteiger charge is -2.21. The maximum Gasteiger partial charge on any atom is 0.126 e. The maximum absolute atomic E-state index is 8.80. The minimum absolute atomic E-state index is 0.0216. The number of hydrogen-bond donors (Lipinski definition) is 2. The highest BCUT2D eigenvalue weighted by Gasteiger charge is 2.09. The first-order valence-corrected chi connectivity index (χ1v) is 4.35. The third kappa shape index (κ3) is 3.42. The van der Waals surface area contributed by atoms with Gasteiger partial charge in [-0.1, -0.05) is 6.07 Å². The first-order valence-electron chi connectivity index (χ1n) is 4.35. The van der Waals surface area contributed by atoms with Crippen molar-refractivity contribution in [2.45, 2.75) is 32.9 Å². The van der Waals surface area contributed by atoms with Crippen LogP contribution in [0.25, 0.3) is 0 Å². The fourth-order valence-electron chi connectivity index (χ4n) is 0.976. The van der Waals surface area contributed by atoms with Gasteiger partial charge in [0.1, 0.15) is 5.82 Å². The van der Waals surface area contributed by atoms with E-state index in [9.17, 15) is 0 Å². The molecule has 1 heterocycles. The van der Waals surface area contributed by atoms with Crippen LogP contribution in [0.3, 0.4) is 0 Å². The Morgan fingerprint density at radius 1 is 1.38 bits per heavy atom. The highest BCUT2D eigenvalue weighted by molar-refractivity contribution is 5.37. The Morgan fingerprint density at radius 3 is 2.46 bits per heavy atom. The Labute approximate surface area is 78.8 Å². The first-order chi connectivity index (χ1) is 6.01. The molecule has 13 heavy (non-hydrogen) atoms. The molecule has 72 valence electrons. The van der Waals surface area contributed by atoms with Crippen molar-refractivity contribution < 1.29 is 5.11 Å². The maximum atomic E-state index is 8.80. The molecule has 0 saturated carbocycles. The van der Waals surface area contributed by atoms with Crippen LogP contribution < -0.4 is 5.32 Å². The van der Waals surface area contributed by atoms with Gasteiger partial charge in [-0.25, -0.2) is 4.98 Å². The van der Waals surface area contributed by atoms with Crippen LogP contribution in [0.15, 0.2) is 18.3 Å². The molecule has 0 atom stereocenters. The summed E-state index contributed by atoms with van der Waals surface area (Å²) in [6, 6.07) is 3.73. The number of nitrogens with one attached hydrogen (secondary N) is 1. The molecule has 1 aromatic rings. The summed E-state index contributed by atoms with van der Waals surface area (Å²) >= 11 is 0. The molecule has 0 unspecified atom stereocenters. The Bertz CT molecular complexity index is 261. The Kier molecular flexibility index (Phi) is 2.88. The van der Waals surface area contributed by atoms with Crippen molar-refractivity contribution in [3.05, 3.63) is 23.9 Å². The van der Waals surface area contributed by atoms with Crippen LogP contribution in [-0.4, -0.2) is 15.6 Å². The standard InChI is InChI=1S/C10H16N2O/c1-10(2,3)12-9-5-4-8(7-13)6-11-9/h4-6,13H,7H2,1-3H3,(H,11,12). The van der Waals surface area contributed by atoms with E-state index in [2.05, 4.69) is 31.1 Å². The highest BCUT2D eigenvalue weighted by Crippen LogP contribution is 2.11. The van der Waals surface area contributed by atoms with Gasteiger partial charge in [0.15, 0.2) is 0 Å². The van der Waals surface area contributed by atoms with E-state index in [1.165, 1.54) is 0 Å². The van der Waals surface area contributed by atoms with Crippen LogP contribution in [-0.2, 0) is 6.61 Å². The quantitative estimate of drug-likeness (QED) is 0.729. The molecule has 0 radical (unpaired) electrons. The fraction of sp³-hybridized carbons (Fsp3) is 0.500. The topological polar surface area (TPSA) is 45.1 Å². The van der Waals surface area contributed by atoms with E-state index in [1.54, 1.807) is 6.20 Å². The van der Waals surface area contributed by atoms with Gasteiger partial charge in [-0.3, -0.25) is 0 Å². The molecule has 2 N–H and O–H groups in total. The largest absolute Gasteiger partial charge is 0.392 e. The summed E-state index contributed by atoms with van der Waals surface area (Å²) in [6.45, 7) is 6.28. The van der Waals surface area contributed by atoms with Gasteiger partial charge in [-0.2, -0.15) is 0 Å². The first kappa shape index (κ1) is 9.99. The second kappa shape index (κ2) is 3.75. The van der Waals surface area contributed by atoms with Crippen LogP contribution in [0.5, 0.6) is 0 Å². The molecule has 0 aliphatic rings. The van der Waals surface area contributed by atoms with Gasteiger partial charge in [-0.05, 0) is 32.4 Å². The number of aromatic nitrogens is 1. The molecule has 0 amide bonds. The van der Waals surface area contributed by atoms with Gasteiger partial charge in [0, 0.05) is 11.7 Å². The van der Waals surface area contributed by atoms with Crippen LogP contribution in [0.1, 0.15) is 26.3 Å². The molecular weight excluding hydrogens is 164 g/mol. The molecule has 3 nitrogen and oxygen atoms in total. The summed E-state index contributed by atoms with van der Waals surface area (Å²) in [5, 5.41) is 12.0. The molecule has 0 aliphatic carbocycles. The van der Waals surface area contributed by atoms with Crippen molar-refractivity contribution in [3.63, 3.8) is 0 Å². The molecule has 0 fully saturated rings. The van der Waals surface area contributed by atoms with Crippen molar-refractivity contribution in [1.82, 2.24) is 4.98 Å². The van der Waals surface area contributed by atoms with Gasteiger partial charge < -0.3 is 10.4 Å². The number of pyridine rings is 1. The van der Waals surface area contributed by atoms with E-state index in [0.29, 0.717) is 0 Å². The fourth-order valence-corrected chi connectivity index (χ4v) is 0.976. The Hall–Kier alpha value is -1.09. The van der Waals surface area contributed by atoms with Crippen molar-refractivity contribution in [3.8, 4) is 0 Å². The smallest absolute Gasteiger partial charge is 0.126 e. The van der Waals surface area contributed by atoms with Gasteiger partial charge in [0.2, 0.25) is 0 Å². The minimum atomic E-state index is 0.0216. The van der Waals surface area contributed by atoms with Gasteiger partial charge in [0.05, 0.1) is 6.61 Å². The summed E-state index contributed by atoms with van der Waals surface area (Å²) in [5.74, 6) is 0.838. The SMILES string of the molecule is CC(C)(C)Nc1ccc(CO)cn1. The lowest BCUT2D eigenvalue weighted by Crippen LogP contribution is -2.26. The van der Waals surface area contributed by atoms with Crippen molar-refractivity contribution in [2.75, 3.05) is 5.32 Å². The highest BCUT2D eigenvalue weighted by atomic mass is 16.3. The third-order valence-electron chi connectivity index (χ3n) is 1.51. The van der Waals surface area contributed by atoms with Crippen LogP contribution in [0, 0.1) is 0 Å². The van der Waals surface area contributed by atoms with E-state index in [1.807, 2.05) is 12.1 Å². The van der Waals surface area contributed by atoms with Crippen molar-refractivity contribution >= 4 is 5.82 Å². The monoisotopic (exact) mass is 180 g/mol. The average molecular weight is 180 g/mol. The van der Waals surface area contributed by atoms with E-state index in [0.717, 1.165) is 11.4 Å². The summed E-state index contributed by atoms with van der Waals surface area (Å²) in [5.41, 5.74) is 0.854. The summed E-state index contributed by atoms with van der Waals surface area (Å²) in [7, 11) is 0.